The first-order valence-corrected chi connectivity index (χ1v) is 5.72. The Morgan fingerprint density at radius 2 is 1.88 bits per heavy atom. The minimum absolute atomic E-state index is 0.507. The largest absolute Gasteiger partial charge is 0.398 e. The highest BCUT2D eigenvalue weighted by molar-refractivity contribution is 5.58. The lowest BCUT2D eigenvalue weighted by molar-refractivity contribution is 0.313. The summed E-state index contributed by atoms with van der Waals surface area (Å²) in [7, 11) is 2.16. The van der Waals surface area contributed by atoms with Gasteiger partial charge in [0.1, 0.15) is 0 Å². The molecule has 1 heterocycles. The summed E-state index contributed by atoms with van der Waals surface area (Å²) in [4.78, 5) is 4.73. The van der Waals surface area contributed by atoms with E-state index >= 15 is 0 Å². The highest BCUT2D eigenvalue weighted by Crippen LogP contribution is 2.21. The molecule has 0 radical (unpaired) electrons. The zero-order valence-electron chi connectivity index (χ0n) is 9.82. The van der Waals surface area contributed by atoms with Gasteiger partial charge in [-0.3, -0.25) is 0 Å². The number of piperazine rings is 1. The molecule has 4 nitrogen and oxygen atoms in total. The smallest absolute Gasteiger partial charge is 0.0371 e. The summed E-state index contributed by atoms with van der Waals surface area (Å²) in [5, 5.41) is 0. The van der Waals surface area contributed by atoms with E-state index in [2.05, 4.69) is 29.0 Å². The maximum atomic E-state index is 5.84. The van der Waals surface area contributed by atoms with Crippen LogP contribution in [0, 0.1) is 0 Å². The molecule has 0 atom stereocenters. The van der Waals surface area contributed by atoms with E-state index in [1.165, 1.54) is 5.69 Å². The molecule has 0 saturated carbocycles. The molecule has 0 unspecified atom stereocenters. The molecule has 0 aliphatic carbocycles. The molecule has 1 fully saturated rings. The van der Waals surface area contributed by atoms with E-state index in [-0.39, 0.29) is 0 Å². The molecule has 4 heteroatoms. The normalized spacial score (nSPS) is 17.8. The van der Waals surface area contributed by atoms with Crippen LogP contribution < -0.4 is 16.4 Å². The number of hydrogen-bond acceptors (Lipinski definition) is 4. The summed E-state index contributed by atoms with van der Waals surface area (Å²) >= 11 is 0. The Kier molecular flexibility index (Phi) is 3.31. The van der Waals surface area contributed by atoms with Crippen LogP contribution in [0.4, 0.5) is 11.4 Å². The Bertz CT molecular complexity index is 356. The molecule has 1 saturated heterocycles. The first kappa shape index (κ1) is 11.2. The van der Waals surface area contributed by atoms with Crippen LogP contribution in [-0.4, -0.2) is 38.1 Å². The third-order valence-corrected chi connectivity index (χ3v) is 3.21. The fourth-order valence-corrected chi connectivity index (χ4v) is 2.03. The summed E-state index contributed by atoms with van der Waals surface area (Å²) in [5.41, 5.74) is 14.6. The van der Waals surface area contributed by atoms with Gasteiger partial charge in [0.05, 0.1) is 0 Å². The van der Waals surface area contributed by atoms with Gasteiger partial charge in [-0.05, 0) is 30.8 Å². The minimum atomic E-state index is 0.507. The lowest BCUT2D eigenvalue weighted by Crippen LogP contribution is -2.44. The molecule has 0 bridgehead atoms. The van der Waals surface area contributed by atoms with Gasteiger partial charge in [0, 0.05) is 44.1 Å². The van der Waals surface area contributed by atoms with Crippen molar-refractivity contribution in [3.63, 3.8) is 0 Å². The molecule has 16 heavy (non-hydrogen) atoms. The topological polar surface area (TPSA) is 58.5 Å². The number of likely N-dealkylation sites (N-methyl/N-ethyl adjacent to an activating group) is 1. The maximum absolute atomic E-state index is 5.84. The van der Waals surface area contributed by atoms with Crippen LogP contribution in [0.15, 0.2) is 18.2 Å². The number of anilines is 2. The van der Waals surface area contributed by atoms with Gasteiger partial charge in [0.2, 0.25) is 0 Å². The lowest BCUT2D eigenvalue weighted by atomic mass is 10.1. The standard InChI is InChI=1S/C12H20N4/c1-15-4-6-16(7-5-15)11-2-3-12(14)10(8-11)9-13/h2-3,8H,4-7,9,13-14H2,1H3. The molecular weight excluding hydrogens is 200 g/mol. The molecule has 1 aliphatic heterocycles. The molecule has 0 amide bonds. The predicted molar refractivity (Wildman–Crippen MR) is 68.5 cm³/mol. The van der Waals surface area contributed by atoms with Gasteiger partial charge in [0.25, 0.3) is 0 Å². The number of hydrogen-bond donors (Lipinski definition) is 2. The van der Waals surface area contributed by atoms with E-state index in [1.807, 2.05) is 6.07 Å². The minimum Gasteiger partial charge on any atom is -0.398 e. The monoisotopic (exact) mass is 220 g/mol. The number of nitrogen functional groups attached to an aromatic ring is 1. The fourth-order valence-electron chi connectivity index (χ4n) is 2.03. The number of rotatable bonds is 2. The van der Waals surface area contributed by atoms with Crippen molar-refractivity contribution in [2.75, 3.05) is 43.9 Å². The summed E-state index contributed by atoms with van der Waals surface area (Å²) in [6.07, 6.45) is 0. The van der Waals surface area contributed by atoms with Gasteiger partial charge >= 0.3 is 0 Å². The first-order valence-electron chi connectivity index (χ1n) is 5.72. The first-order chi connectivity index (χ1) is 7.70. The Balaban J connectivity index is 2.14. The Hall–Kier alpha value is -1.26. The molecule has 2 rings (SSSR count). The second-order valence-electron chi connectivity index (χ2n) is 4.38. The average molecular weight is 220 g/mol. The second-order valence-corrected chi connectivity index (χ2v) is 4.38. The van der Waals surface area contributed by atoms with Crippen molar-refractivity contribution in [2.24, 2.45) is 5.73 Å². The van der Waals surface area contributed by atoms with Crippen molar-refractivity contribution in [2.45, 2.75) is 6.54 Å². The van der Waals surface area contributed by atoms with Gasteiger partial charge in [-0.25, -0.2) is 0 Å². The van der Waals surface area contributed by atoms with Crippen LogP contribution in [0.25, 0.3) is 0 Å². The van der Waals surface area contributed by atoms with E-state index in [1.54, 1.807) is 0 Å². The van der Waals surface area contributed by atoms with Crippen LogP contribution in [-0.2, 0) is 6.54 Å². The average Bonchev–Trinajstić information content (AvgIpc) is 2.31. The molecule has 1 aromatic rings. The van der Waals surface area contributed by atoms with Crippen LogP contribution in [0.1, 0.15) is 5.56 Å². The molecule has 0 aromatic heterocycles. The van der Waals surface area contributed by atoms with Crippen molar-refractivity contribution < 1.29 is 0 Å². The highest BCUT2D eigenvalue weighted by atomic mass is 15.2. The van der Waals surface area contributed by atoms with E-state index < -0.39 is 0 Å². The Morgan fingerprint density at radius 1 is 1.19 bits per heavy atom. The quantitative estimate of drug-likeness (QED) is 0.712. The summed E-state index contributed by atoms with van der Waals surface area (Å²) in [5.74, 6) is 0. The molecule has 0 spiro atoms. The van der Waals surface area contributed by atoms with Crippen molar-refractivity contribution >= 4 is 11.4 Å². The van der Waals surface area contributed by atoms with E-state index in [0.717, 1.165) is 37.4 Å². The summed E-state index contributed by atoms with van der Waals surface area (Å²) in [6, 6.07) is 6.15. The Labute approximate surface area is 96.8 Å². The van der Waals surface area contributed by atoms with Gasteiger partial charge in [0.15, 0.2) is 0 Å². The van der Waals surface area contributed by atoms with Crippen molar-refractivity contribution in [3.8, 4) is 0 Å². The SMILES string of the molecule is CN1CCN(c2ccc(N)c(CN)c2)CC1. The third-order valence-electron chi connectivity index (χ3n) is 3.21. The zero-order chi connectivity index (χ0) is 11.5. The van der Waals surface area contributed by atoms with Crippen LogP contribution in [0.5, 0.6) is 0 Å². The zero-order valence-corrected chi connectivity index (χ0v) is 9.82. The van der Waals surface area contributed by atoms with Crippen molar-refractivity contribution in [1.29, 1.82) is 0 Å². The predicted octanol–water partition coefficient (Wildman–Crippen LogP) is 0.479. The number of benzene rings is 1. The summed E-state index contributed by atoms with van der Waals surface area (Å²) in [6.45, 7) is 4.88. The molecule has 4 N–H and O–H groups in total. The van der Waals surface area contributed by atoms with Gasteiger partial charge in [-0.15, -0.1) is 0 Å². The van der Waals surface area contributed by atoms with Gasteiger partial charge < -0.3 is 21.3 Å². The van der Waals surface area contributed by atoms with Gasteiger partial charge in [-0.2, -0.15) is 0 Å². The molecule has 88 valence electrons. The van der Waals surface area contributed by atoms with Crippen LogP contribution in [0.3, 0.4) is 0 Å². The van der Waals surface area contributed by atoms with Crippen LogP contribution >= 0.6 is 0 Å². The highest BCUT2D eigenvalue weighted by Gasteiger charge is 2.14. The molecule has 1 aromatic carbocycles. The van der Waals surface area contributed by atoms with Crippen molar-refractivity contribution in [1.82, 2.24) is 4.90 Å². The number of nitrogens with two attached hydrogens (primary N) is 2. The maximum Gasteiger partial charge on any atom is 0.0371 e. The second kappa shape index (κ2) is 4.72. The van der Waals surface area contributed by atoms with Crippen molar-refractivity contribution in [3.05, 3.63) is 23.8 Å². The van der Waals surface area contributed by atoms with E-state index in [4.69, 9.17) is 11.5 Å². The Morgan fingerprint density at radius 3 is 2.50 bits per heavy atom. The van der Waals surface area contributed by atoms with E-state index in [0.29, 0.717) is 6.54 Å². The fraction of sp³-hybridized carbons (Fsp3) is 0.500. The van der Waals surface area contributed by atoms with Gasteiger partial charge in [-0.1, -0.05) is 0 Å². The third kappa shape index (κ3) is 2.28. The number of nitrogens with zero attached hydrogens (tertiary/aromatic N) is 2. The lowest BCUT2D eigenvalue weighted by Gasteiger charge is -2.34. The molecular formula is C12H20N4. The summed E-state index contributed by atoms with van der Waals surface area (Å²) < 4.78 is 0. The van der Waals surface area contributed by atoms with E-state index in [9.17, 15) is 0 Å². The van der Waals surface area contributed by atoms with Crippen LogP contribution in [0.2, 0.25) is 0 Å². The molecule has 1 aliphatic rings.